The zero-order valence-electron chi connectivity index (χ0n) is 25.8. The van der Waals surface area contributed by atoms with E-state index in [-0.39, 0.29) is 12.2 Å². The summed E-state index contributed by atoms with van der Waals surface area (Å²) in [4.78, 5) is 25.1. The van der Waals surface area contributed by atoms with Crippen molar-refractivity contribution >= 4 is 17.6 Å². The van der Waals surface area contributed by atoms with E-state index in [4.69, 9.17) is 4.74 Å². The van der Waals surface area contributed by atoms with Gasteiger partial charge in [0.1, 0.15) is 18.7 Å². The first-order chi connectivity index (χ1) is 18.2. The summed E-state index contributed by atoms with van der Waals surface area (Å²) in [6.07, 6.45) is 17.5. The number of amidine groups is 2. The van der Waals surface area contributed by atoms with Crippen molar-refractivity contribution in [3.8, 4) is 0 Å². The fraction of sp³-hybridized carbons (Fsp3) is 0.903. The first kappa shape index (κ1) is 34.4. The highest BCUT2D eigenvalue weighted by molar-refractivity contribution is 5.84. The average Bonchev–Trinajstić information content (AvgIpc) is 3.53. The van der Waals surface area contributed by atoms with Gasteiger partial charge in [-0.25, -0.2) is 0 Å². The topological polar surface area (TPSA) is 77.7 Å². The van der Waals surface area contributed by atoms with Crippen LogP contribution in [-0.4, -0.2) is 78.1 Å². The molecule has 1 N–H and O–H groups in total. The molecule has 0 aromatic rings. The molecule has 0 fully saturated rings. The Labute approximate surface area is 234 Å². The molecule has 7 heteroatoms. The van der Waals surface area contributed by atoms with E-state index >= 15 is 0 Å². The molecule has 1 atom stereocenters. The molecule has 222 valence electrons. The van der Waals surface area contributed by atoms with Gasteiger partial charge in [0.05, 0.1) is 30.9 Å². The summed E-state index contributed by atoms with van der Waals surface area (Å²) in [6.45, 7) is 16.8. The number of hydrogen-bond acceptors (Lipinski definition) is 7. The average molecular weight is 537 g/mol. The van der Waals surface area contributed by atoms with Crippen LogP contribution in [-0.2, 0) is 9.53 Å². The molecule has 0 spiro atoms. The van der Waals surface area contributed by atoms with Gasteiger partial charge >= 0.3 is 5.97 Å². The molecule has 7 nitrogen and oxygen atoms in total. The zero-order chi connectivity index (χ0) is 28.2. The van der Waals surface area contributed by atoms with Crippen LogP contribution in [0.15, 0.2) is 9.98 Å². The number of hydrogen-bond donors (Lipinski definition) is 1. The van der Waals surface area contributed by atoms with Gasteiger partial charge in [0.2, 0.25) is 0 Å². The maximum Gasteiger partial charge on any atom is 0.311 e. The summed E-state index contributed by atoms with van der Waals surface area (Å²) in [6, 6.07) is 0. The minimum Gasteiger partial charge on any atom is -0.463 e. The van der Waals surface area contributed by atoms with E-state index in [1.165, 1.54) is 82.9 Å². The molecule has 1 unspecified atom stereocenters. The number of unbranched alkanes of at least 4 members (excludes halogenated alkanes) is 10. The van der Waals surface area contributed by atoms with Crippen LogP contribution in [0.3, 0.4) is 0 Å². The molecule has 0 aromatic heterocycles. The maximum atomic E-state index is 11.7. The highest BCUT2D eigenvalue weighted by atomic mass is 16.5. The van der Waals surface area contributed by atoms with Crippen LogP contribution in [0.25, 0.3) is 0 Å². The molecule has 2 aliphatic rings. The molecule has 2 aliphatic heterocycles. The van der Waals surface area contributed by atoms with E-state index in [2.05, 4.69) is 28.7 Å². The van der Waals surface area contributed by atoms with Gasteiger partial charge in [-0.05, 0) is 40.5 Å². The molecule has 0 radical (unpaired) electrons. The second-order valence-corrected chi connectivity index (χ2v) is 11.8. The Bertz CT molecular complexity index is 685. The Morgan fingerprint density at radius 3 is 1.89 bits per heavy atom. The second-order valence-electron chi connectivity index (χ2n) is 11.8. The largest absolute Gasteiger partial charge is 0.463 e. The number of esters is 1. The van der Waals surface area contributed by atoms with Gasteiger partial charge in [0.15, 0.2) is 0 Å². The van der Waals surface area contributed by atoms with E-state index in [0.717, 1.165) is 51.4 Å². The third-order valence-electron chi connectivity index (χ3n) is 7.16. The lowest BCUT2D eigenvalue weighted by atomic mass is 9.97. The molecule has 0 bridgehead atoms. The van der Waals surface area contributed by atoms with Crippen LogP contribution in [0.1, 0.15) is 131 Å². The molecule has 2 heterocycles. The Morgan fingerprint density at radius 1 is 0.842 bits per heavy atom. The van der Waals surface area contributed by atoms with Crippen LogP contribution < -0.4 is 0 Å². The predicted octanol–water partition coefficient (Wildman–Crippen LogP) is 6.83. The number of carbonyl (C=O) groups excluding carboxylic acids is 1. The molecule has 0 aromatic carbocycles. The number of nitrogens with zero attached hydrogens (tertiary/aromatic N) is 4. The predicted molar refractivity (Wildman–Crippen MR) is 161 cm³/mol. The highest BCUT2D eigenvalue weighted by Gasteiger charge is 2.24. The third-order valence-corrected chi connectivity index (χ3v) is 7.16. The molecular formula is C31H60N4O3. The van der Waals surface area contributed by atoms with E-state index < -0.39 is 5.41 Å². The van der Waals surface area contributed by atoms with Gasteiger partial charge in [0.25, 0.3) is 0 Å². The highest BCUT2D eigenvalue weighted by Crippen LogP contribution is 2.16. The third kappa shape index (κ3) is 15.1. The standard InChI is InChI=1S/C18H34N2O2.C13H26N2O/c1-5-6-7-8-9-10-11-16-19-12-13-20(16)14-15-22-17(21)18(2,3)4;1-3-4-5-6-7-8-9-13-14-10-11-15(13)12(2)16/h5-15H2,1-4H3;12,16H,3-11H2,1-2H3. The Balaban J connectivity index is 0.000000399. The fourth-order valence-corrected chi connectivity index (χ4v) is 4.73. The summed E-state index contributed by atoms with van der Waals surface area (Å²) in [5.41, 5.74) is -0.416. The Morgan fingerprint density at radius 2 is 1.34 bits per heavy atom. The first-order valence-electron chi connectivity index (χ1n) is 15.6. The van der Waals surface area contributed by atoms with Gasteiger partial charge in [-0.1, -0.05) is 78.1 Å². The van der Waals surface area contributed by atoms with Gasteiger partial charge in [0, 0.05) is 25.9 Å². The molecule has 2 rings (SSSR count). The minimum absolute atomic E-state index is 0.124. The quantitative estimate of drug-likeness (QED) is 0.153. The molecule has 0 saturated carbocycles. The Hall–Kier alpha value is -1.63. The van der Waals surface area contributed by atoms with E-state index in [0.29, 0.717) is 6.61 Å². The van der Waals surface area contributed by atoms with Crippen molar-refractivity contribution in [2.24, 2.45) is 15.4 Å². The molecule has 0 saturated heterocycles. The number of aliphatic hydroxyl groups excluding tert-OH is 1. The normalized spacial score (nSPS) is 16.2. The minimum atomic E-state index is -0.416. The van der Waals surface area contributed by atoms with E-state index in [1.807, 2.05) is 32.6 Å². The van der Waals surface area contributed by atoms with Crippen molar-refractivity contribution in [2.45, 2.75) is 138 Å². The van der Waals surface area contributed by atoms with Gasteiger partial charge in [-0.3, -0.25) is 14.8 Å². The summed E-state index contributed by atoms with van der Waals surface area (Å²) >= 11 is 0. The van der Waals surface area contributed by atoms with Crippen molar-refractivity contribution in [1.29, 1.82) is 0 Å². The lowest BCUT2D eigenvalue weighted by Gasteiger charge is -2.23. The smallest absolute Gasteiger partial charge is 0.311 e. The molecule has 0 aliphatic carbocycles. The summed E-state index contributed by atoms with van der Waals surface area (Å²) in [5, 5.41) is 9.54. The lowest BCUT2D eigenvalue weighted by Crippen LogP contribution is -2.35. The first-order valence-corrected chi connectivity index (χ1v) is 15.6. The van der Waals surface area contributed by atoms with Crippen molar-refractivity contribution in [3.63, 3.8) is 0 Å². The molecule has 0 amide bonds. The van der Waals surface area contributed by atoms with Gasteiger partial charge < -0.3 is 19.6 Å². The van der Waals surface area contributed by atoms with Crippen molar-refractivity contribution in [3.05, 3.63) is 0 Å². The summed E-state index contributed by atoms with van der Waals surface area (Å²) in [5.74, 6) is 2.20. The number of carbonyl (C=O) groups is 1. The van der Waals surface area contributed by atoms with Crippen LogP contribution in [0, 0.1) is 5.41 Å². The number of ether oxygens (including phenoxy) is 1. The monoisotopic (exact) mass is 536 g/mol. The Kier molecular flexibility index (Phi) is 18.4. The van der Waals surface area contributed by atoms with Crippen molar-refractivity contribution in [2.75, 3.05) is 39.3 Å². The fourth-order valence-electron chi connectivity index (χ4n) is 4.73. The summed E-state index contributed by atoms with van der Waals surface area (Å²) < 4.78 is 5.35. The van der Waals surface area contributed by atoms with Gasteiger partial charge in [-0.2, -0.15) is 0 Å². The number of aliphatic hydroxyl groups is 1. The SMILES string of the molecule is CCCCCCCCC1=NCCN1C(C)O.CCCCCCCCC1=NCCN1CCOC(=O)C(C)(C)C. The van der Waals surface area contributed by atoms with Crippen LogP contribution in [0.4, 0.5) is 0 Å². The summed E-state index contributed by atoms with van der Waals surface area (Å²) in [7, 11) is 0. The van der Waals surface area contributed by atoms with Crippen LogP contribution in [0.5, 0.6) is 0 Å². The second kappa shape index (κ2) is 20.3. The zero-order valence-corrected chi connectivity index (χ0v) is 25.8. The maximum absolute atomic E-state index is 11.7. The van der Waals surface area contributed by atoms with E-state index in [1.54, 1.807) is 0 Å². The number of rotatable bonds is 18. The number of aliphatic imine (C=N–C) groups is 2. The molecular weight excluding hydrogens is 476 g/mol. The molecule has 38 heavy (non-hydrogen) atoms. The van der Waals surface area contributed by atoms with Gasteiger partial charge in [-0.15, -0.1) is 0 Å². The van der Waals surface area contributed by atoms with E-state index in [9.17, 15) is 9.90 Å². The van der Waals surface area contributed by atoms with Crippen molar-refractivity contribution in [1.82, 2.24) is 9.80 Å². The van der Waals surface area contributed by atoms with Crippen LogP contribution in [0.2, 0.25) is 0 Å². The van der Waals surface area contributed by atoms with Crippen molar-refractivity contribution < 1.29 is 14.6 Å². The lowest BCUT2D eigenvalue weighted by molar-refractivity contribution is -0.153. The van der Waals surface area contributed by atoms with Crippen LogP contribution >= 0.6 is 0 Å².